The summed E-state index contributed by atoms with van der Waals surface area (Å²) in [5.41, 5.74) is 1.52. The summed E-state index contributed by atoms with van der Waals surface area (Å²) in [6.45, 7) is 0.152. The van der Waals surface area contributed by atoms with Crippen LogP contribution >= 0.6 is 0 Å². The van der Waals surface area contributed by atoms with E-state index in [2.05, 4.69) is 19.5 Å². The van der Waals surface area contributed by atoms with Crippen LogP contribution in [0.1, 0.15) is 0 Å². The Labute approximate surface area is 140 Å². The molecule has 0 saturated heterocycles. The van der Waals surface area contributed by atoms with E-state index in [9.17, 15) is 8.42 Å². The summed E-state index contributed by atoms with van der Waals surface area (Å²) in [4.78, 5) is 1.78. The first-order chi connectivity index (χ1) is 11.3. The second-order valence-corrected chi connectivity index (χ2v) is 6.14. The fourth-order valence-electron chi connectivity index (χ4n) is 1.91. The molecule has 0 aliphatic rings. The quantitative estimate of drug-likeness (QED) is 0.449. The molecule has 0 amide bonds. The highest BCUT2D eigenvalue weighted by atomic mass is 32.3. The Kier molecular flexibility index (Phi) is 5.59. The van der Waals surface area contributed by atoms with Gasteiger partial charge < -0.3 is 4.90 Å². The number of rotatable bonds is 7. The zero-order valence-electron chi connectivity index (χ0n) is 13.6. The van der Waals surface area contributed by atoms with Gasteiger partial charge in [0.2, 0.25) is 0 Å². The molecule has 0 spiro atoms. The van der Waals surface area contributed by atoms with Crippen LogP contribution in [0.25, 0.3) is 0 Å². The molecule has 0 fully saturated rings. The Morgan fingerprint density at radius 1 is 1.33 bits per heavy atom. The van der Waals surface area contributed by atoms with Crippen LogP contribution in [-0.2, 0) is 28.7 Å². The highest BCUT2D eigenvalue weighted by Crippen LogP contribution is 2.20. The molecule has 2 rings (SSSR count). The van der Waals surface area contributed by atoms with E-state index in [1.807, 2.05) is 19.2 Å². The first kappa shape index (κ1) is 18.0. The molecule has 0 aliphatic carbocycles. The van der Waals surface area contributed by atoms with Gasteiger partial charge in [0.1, 0.15) is 5.69 Å². The molecule has 24 heavy (non-hydrogen) atoms. The van der Waals surface area contributed by atoms with Gasteiger partial charge in [-0.25, -0.2) is 8.75 Å². The molecule has 1 aromatic heterocycles. The molecular weight excluding hydrogens is 336 g/mol. The summed E-state index contributed by atoms with van der Waals surface area (Å²) in [7, 11) is 0.976. The highest BCUT2D eigenvalue weighted by molar-refractivity contribution is 7.80. The van der Waals surface area contributed by atoms with Gasteiger partial charge in [0, 0.05) is 24.4 Å². The van der Waals surface area contributed by atoms with Crippen molar-refractivity contribution in [1.82, 2.24) is 9.67 Å². The van der Waals surface area contributed by atoms with Gasteiger partial charge in [0.15, 0.2) is 6.33 Å². The molecule has 0 saturated carbocycles. The number of hydrogen-bond donors (Lipinski definition) is 1. The SMILES string of the molecule is CN(CCOS(=O)(=O)O)c1ccc(N=Nc2n(C)cn[n+]2C)cc1. The molecule has 1 aromatic carbocycles. The predicted octanol–water partition coefficient (Wildman–Crippen LogP) is 0.916. The minimum atomic E-state index is -4.41. The number of aromatic nitrogens is 3. The molecular formula is C13H19N6O4S+. The van der Waals surface area contributed by atoms with Crippen molar-refractivity contribution in [2.24, 2.45) is 24.3 Å². The lowest BCUT2D eigenvalue weighted by Gasteiger charge is -2.18. The fraction of sp³-hybridized carbons (Fsp3) is 0.385. The molecule has 10 nitrogen and oxygen atoms in total. The van der Waals surface area contributed by atoms with E-state index in [0.29, 0.717) is 18.2 Å². The highest BCUT2D eigenvalue weighted by Gasteiger charge is 2.12. The smallest absolute Gasteiger partial charge is 0.372 e. The normalized spacial score (nSPS) is 12.0. The van der Waals surface area contributed by atoms with E-state index in [1.54, 1.807) is 46.7 Å². The largest absolute Gasteiger partial charge is 0.441 e. The Bertz CT molecular complexity index is 796. The number of likely N-dealkylation sites (N-methyl/N-ethyl adjacent to an activating group) is 1. The maximum absolute atomic E-state index is 10.5. The van der Waals surface area contributed by atoms with E-state index in [1.165, 1.54) is 0 Å². The molecule has 130 valence electrons. The summed E-state index contributed by atoms with van der Waals surface area (Å²) in [5, 5.41) is 12.4. The van der Waals surface area contributed by atoms with Crippen molar-refractivity contribution >= 4 is 27.7 Å². The third-order valence-corrected chi connectivity index (χ3v) is 3.67. The van der Waals surface area contributed by atoms with Crippen molar-refractivity contribution in [2.75, 3.05) is 25.1 Å². The Balaban J connectivity index is 1.97. The zero-order chi connectivity index (χ0) is 17.7. The molecule has 0 atom stereocenters. The topological polar surface area (TPSA) is 113 Å². The van der Waals surface area contributed by atoms with Crippen molar-refractivity contribution in [3.8, 4) is 0 Å². The summed E-state index contributed by atoms with van der Waals surface area (Å²) in [6, 6.07) is 7.22. The molecule has 0 aliphatic heterocycles. The minimum absolute atomic E-state index is 0.145. The molecule has 0 radical (unpaired) electrons. The van der Waals surface area contributed by atoms with E-state index >= 15 is 0 Å². The molecule has 0 bridgehead atoms. The standard InChI is InChI=1S/C13H18N6O4S/c1-17(8-9-23-24(20,21)22)12-6-4-11(5-7-12)15-16-13-18(2)10-14-19(13)3/h4-7,10H,8-9H2,1-3H3/p+1. The van der Waals surface area contributed by atoms with Crippen LogP contribution in [-0.4, -0.2) is 42.8 Å². The zero-order valence-corrected chi connectivity index (χ0v) is 14.4. The number of anilines is 1. The van der Waals surface area contributed by atoms with Crippen molar-refractivity contribution < 1.29 is 21.8 Å². The van der Waals surface area contributed by atoms with Gasteiger partial charge in [0.05, 0.1) is 20.7 Å². The monoisotopic (exact) mass is 355 g/mol. The molecule has 0 unspecified atom stereocenters. The van der Waals surface area contributed by atoms with Crippen LogP contribution in [0.4, 0.5) is 17.3 Å². The number of aryl methyl sites for hydroxylation is 2. The van der Waals surface area contributed by atoms with Crippen LogP contribution in [0, 0.1) is 0 Å². The summed E-state index contributed by atoms with van der Waals surface area (Å²) < 4.78 is 37.2. The van der Waals surface area contributed by atoms with Gasteiger partial charge in [-0.05, 0) is 24.3 Å². The van der Waals surface area contributed by atoms with Gasteiger partial charge >= 0.3 is 16.3 Å². The van der Waals surface area contributed by atoms with Crippen molar-refractivity contribution in [1.29, 1.82) is 0 Å². The maximum atomic E-state index is 10.5. The predicted molar refractivity (Wildman–Crippen MR) is 85.8 cm³/mol. The second kappa shape index (κ2) is 7.47. The van der Waals surface area contributed by atoms with E-state index < -0.39 is 10.4 Å². The van der Waals surface area contributed by atoms with E-state index in [-0.39, 0.29) is 6.61 Å². The van der Waals surface area contributed by atoms with Gasteiger partial charge in [0.25, 0.3) is 0 Å². The van der Waals surface area contributed by atoms with Gasteiger partial charge in [-0.1, -0.05) is 10.2 Å². The Morgan fingerprint density at radius 2 is 2.00 bits per heavy atom. The molecule has 1 heterocycles. The first-order valence-electron chi connectivity index (χ1n) is 6.98. The van der Waals surface area contributed by atoms with Crippen LogP contribution in [0.15, 0.2) is 40.8 Å². The third kappa shape index (κ3) is 5.08. The van der Waals surface area contributed by atoms with Crippen molar-refractivity contribution in [2.45, 2.75) is 0 Å². The van der Waals surface area contributed by atoms with Crippen LogP contribution in [0.2, 0.25) is 0 Å². The number of azo groups is 1. The Hall–Kier alpha value is -2.37. The lowest BCUT2D eigenvalue weighted by Crippen LogP contribution is -2.29. The van der Waals surface area contributed by atoms with E-state index in [0.717, 1.165) is 5.69 Å². The van der Waals surface area contributed by atoms with Crippen LogP contribution < -0.4 is 9.58 Å². The van der Waals surface area contributed by atoms with Crippen LogP contribution in [0.3, 0.4) is 0 Å². The van der Waals surface area contributed by atoms with E-state index in [4.69, 9.17) is 4.55 Å². The molecule has 2 aromatic rings. The average molecular weight is 355 g/mol. The van der Waals surface area contributed by atoms with Gasteiger partial charge in [-0.2, -0.15) is 8.42 Å². The van der Waals surface area contributed by atoms with Crippen molar-refractivity contribution in [3.63, 3.8) is 0 Å². The van der Waals surface area contributed by atoms with Crippen LogP contribution in [0.5, 0.6) is 0 Å². The number of hydrogen-bond acceptors (Lipinski definition) is 7. The second-order valence-electron chi connectivity index (χ2n) is 5.05. The number of benzene rings is 1. The maximum Gasteiger partial charge on any atom is 0.441 e. The summed E-state index contributed by atoms with van der Waals surface area (Å²) in [6.07, 6.45) is 1.64. The lowest BCUT2D eigenvalue weighted by molar-refractivity contribution is -0.716. The lowest BCUT2D eigenvalue weighted by atomic mass is 10.2. The number of nitrogens with zero attached hydrogens (tertiary/aromatic N) is 6. The van der Waals surface area contributed by atoms with Gasteiger partial charge in [-0.15, -0.1) is 4.68 Å². The summed E-state index contributed by atoms with van der Waals surface area (Å²) >= 11 is 0. The summed E-state index contributed by atoms with van der Waals surface area (Å²) in [5.74, 6) is 0.610. The van der Waals surface area contributed by atoms with Gasteiger partial charge in [-0.3, -0.25) is 4.55 Å². The fourth-order valence-corrected chi connectivity index (χ4v) is 2.19. The first-order valence-corrected chi connectivity index (χ1v) is 8.35. The average Bonchev–Trinajstić information content (AvgIpc) is 2.83. The molecule has 1 N–H and O–H groups in total. The molecule has 11 heteroatoms. The third-order valence-electron chi connectivity index (χ3n) is 3.21. The minimum Gasteiger partial charge on any atom is -0.372 e. The van der Waals surface area contributed by atoms with Crippen molar-refractivity contribution in [3.05, 3.63) is 30.6 Å². The Morgan fingerprint density at radius 3 is 2.54 bits per heavy atom.